The number of ether oxygens (including phenoxy) is 1. The molecule has 0 aliphatic carbocycles. The Morgan fingerprint density at radius 1 is 1.42 bits per heavy atom. The second-order valence-electron chi connectivity index (χ2n) is 5.06. The molecular formula is C14H20ClNO3. The third kappa shape index (κ3) is 5.49. The molecule has 0 fully saturated rings. The van der Waals surface area contributed by atoms with E-state index in [1.54, 1.807) is 31.2 Å². The number of aliphatic hydroxyl groups excluding tert-OH is 1. The van der Waals surface area contributed by atoms with E-state index in [4.69, 9.17) is 21.4 Å². The summed E-state index contributed by atoms with van der Waals surface area (Å²) in [6.45, 7) is 5.42. The SMILES string of the molecule is CC(Oc1ccc(Cl)cc1)C(=O)NC(C)(C)CCO. The number of benzene rings is 1. The smallest absolute Gasteiger partial charge is 0.261 e. The molecule has 0 aliphatic rings. The number of aliphatic hydroxyl groups is 1. The molecule has 106 valence electrons. The zero-order chi connectivity index (χ0) is 14.5. The van der Waals surface area contributed by atoms with Gasteiger partial charge in [0, 0.05) is 17.2 Å². The van der Waals surface area contributed by atoms with Crippen molar-refractivity contribution in [3.63, 3.8) is 0 Å². The molecule has 2 N–H and O–H groups in total. The van der Waals surface area contributed by atoms with Crippen LogP contribution in [0.2, 0.25) is 5.02 Å². The van der Waals surface area contributed by atoms with Crippen molar-refractivity contribution in [3.8, 4) is 5.75 Å². The highest BCUT2D eigenvalue weighted by Gasteiger charge is 2.23. The molecule has 4 nitrogen and oxygen atoms in total. The summed E-state index contributed by atoms with van der Waals surface area (Å²) >= 11 is 5.77. The van der Waals surface area contributed by atoms with Gasteiger partial charge in [0.2, 0.25) is 0 Å². The number of hydrogen-bond acceptors (Lipinski definition) is 3. The van der Waals surface area contributed by atoms with Crippen molar-refractivity contribution < 1.29 is 14.6 Å². The molecule has 0 spiro atoms. The number of carbonyl (C=O) groups is 1. The van der Waals surface area contributed by atoms with E-state index in [-0.39, 0.29) is 12.5 Å². The quantitative estimate of drug-likeness (QED) is 0.844. The molecular weight excluding hydrogens is 266 g/mol. The molecule has 5 heteroatoms. The third-order valence-corrected chi connectivity index (χ3v) is 2.95. The molecule has 0 radical (unpaired) electrons. The van der Waals surface area contributed by atoms with Crippen molar-refractivity contribution in [2.75, 3.05) is 6.61 Å². The molecule has 0 heterocycles. The van der Waals surface area contributed by atoms with Gasteiger partial charge in [0.15, 0.2) is 6.10 Å². The van der Waals surface area contributed by atoms with Crippen molar-refractivity contribution in [2.24, 2.45) is 0 Å². The van der Waals surface area contributed by atoms with Crippen LogP contribution in [0.25, 0.3) is 0 Å². The second kappa shape index (κ2) is 6.78. The highest BCUT2D eigenvalue weighted by atomic mass is 35.5. The van der Waals surface area contributed by atoms with Crippen LogP contribution >= 0.6 is 11.6 Å². The lowest BCUT2D eigenvalue weighted by molar-refractivity contribution is -0.129. The van der Waals surface area contributed by atoms with Crippen LogP contribution in [-0.2, 0) is 4.79 Å². The molecule has 0 saturated carbocycles. The summed E-state index contributed by atoms with van der Waals surface area (Å²) in [5, 5.41) is 12.4. The fourth-order valence-electron chi connectivity index (χ4n) is 1.55. The minimum Gasteiger partial charge on any atom is -0.481 e. The molecule has 1 unspecified atom stereocenters. The zero-order valence-electron chi connectivity index (χ0n) is 11.4. The number of rotatable bonds is 6. The highest BCUT2D eigenvalue weighted by molar-refractivity contribution is 6.30. The van der Waals surface area contributed by atoms with Gasteiger partial charge in [0.25, 0.3) is 5.91 Å². The van der Waals surface area contributed by atoms with Crippen molar-refractivity contribution in [2.45, 2.75) is 38.8 Å². The number of carbonyl (C=O) groups excluding carboxylic acids is 1. The first-order valence-electron chi connectivity index (χ1n) is 6.19. The van der Waals surface area contributed by atoms with Gasteiger partial charge in [0.1, 0.15) is 5.75 Å². The monoisotopic (exact) mass is 285 g/mol. The minimum atomic E-state index is -0.612. The average Bonchev–Trinajstić information content (AvgIpc) is 2.31. The summed E-state index contributed by atoms with van der Waals surface area (Å²) in [6, 6.07) is 6.84. The highest BCUT2D eigenvalue weighted by Crippen LogP contribution is 2.17. The number of amides is 1. The van der Waals surface area contributed by atoms with Crippen LogP contribution in [0.1, 0.15) is 27.2 Å². The van der Waals surface area contributed by atoms with Gasteiger partial charge in [-0.1, -0.05) is 11.6 Å². The maximum Gasteiger partial charge on any atom is 0.261 e. The average molecular weight is 286 g/mol. The molecule has 19 heavy (non-hydrogen) atoms. The third-order valence-electron chi connectivity index (χ3n) is 2.69. The Hall–Kier alpha value is -1.26. The maximum absolute atomic E-state index is 12.0. The maximum atomic E-state index is 12.0. The van der Waals surface area contributed by atoms with E-state index >= 15 is 0 Å². The number of nitrogens with one attached hydrogen (secondary N) is 1. The molecule has 1 amide bonds. The van der Waals surface area contributed by atoms with E-state index in [2.05, 4.69) is 5.32 Å². The predicted octanol–water partition coefficient (Wildman–Crippen LogP) is 2.38. The molecule has 0 bridgehead atoms. The van der Waals surface area contributed by atoms with Crippen molar-refractivity contribution in [1.29, 1.82) is 0 Å². The lowest BCUT2D eigenvalue weighted by Crippen LogP contribution is -2.49. The fourth-order valence-corrected chi connectivity index (χ4v) is 1.67. The van der Waals surface area contributed by atoms with Gasteiger partial charge in [-0.25, -0.2) is 0 Å². The molecule has 1 aromatic carbocycles. The summed E-state index contributed by atoms with van der Waals surface area (Å²) in [6.07, 6.45) is -0.119. The van der Waals surface area contributed by atoms with Gasteiger partial charge < -0.3 is 15.2 Å². The lowest BCUT2D eigenvalue weighted by atomic mass is 10.0. The number of hydrogen-bond donors (Lipinski definition) is 2. The van der Waals surface area contributed by atoms with Crippen LogP contribution in [-0.4, -0.2) is 29.3 Å². The Morgan fingerprint density at radius 2 is 2.00 bits per heavy atom. The second-order valence-corrected chi connectivity index (χ2v) is 5.50. The van der Waals surface area contributed by atoms with Gasteiger partial charge in [-0.15, -0.1) is 0 Å². The van der Waals surface area contributed by atoms with Gasteiger partial charge in [-0.05, 0) is 51.5 Å². The Morgan fingerprint density at radius 3 is 2.53 bits per heavy atom. The van der Waals surface area contributed by atoms with Crippen LogP contribution in [0, 0.1) is 0 Å². The first-order chi connectivity index (χ1) is 8.84. The van der Waals surface area contributed by atoms with Gasteiger partial charge in [0.05, 0.1) is 0 Å². The van der Waals surface area contributed by atoms with Gasteiger partial charge >= 0.3 is 0 Å². The van der Waals surface area contributed by atoms with E-state index in [0.717, 1.165) is 0 Å². The first kappa shape index (κ1) is 15.8. The summed E-state index contributed by atoms with van der Waals surface area (Å²) in [5.74, 6) is 0.375. The van der Waals surface area contributed by atoms with E-state index < -0.39 is 11.6 Å². The predicted molar refractivity (Wildman–Crippen MR) is 75.5 cm³/mol. The van der Waals surface area contributed by atoms with Gasteiger partial charge in [-0.2, -0.15) is 0 Å². The molecule has 0 aliphatic heterocycles. The van der Waals surface area contributed by atoms with Crippen molar-refractivity contribution in [3.05, 3.63) is 29.3 Å². The number of halogens is 1. The van der Waals surface area contributed by atoms with E-state index in [1.807, 2.05) is 13.8 Å². The molecule has 1 atom stereocenters. The zero-order valence-corrected chi connectivity index (χ0v) is 12.2. The Balaban J connectivity index is 2.55. The van der Waals surface area contributed by atoms with Crippen LogP contribution in [0.4, 0.5) is 0 Å². The van der Waals surface area contributed by atoms with E-state index in [9.17, 15) is 4.79 Å². The lowest BCUT2D eigenvalue weighted by Gasteiger charge is -2.27. The summed E-state index contributed by atoms with van der Waals surface area (Å²) in [4.78, 5) is 12.0. The summed E-state index contributed by atoms with van der Waals surface area (Å²) < 4.78 is 5.52. The van der Waals surface area contributed by atoms with Crippen LogP contribution in [0.5, 0.6) is 5.75 Å². The Bertz CT molecular complexity index is 417. The van der Waals surface area contributed by atoms with Gasteiger partial charge in [-0.3, -0.25) is 4.79 Å². The van der Waals surface area contributed by atoms with E-state index in [0.29, 0.717) is 17.2 Å². The van der Waals surface area contributed by atoms with Crippen molar-refractivity contribution in [1.82, 2.24) is 5.32 Å². The van der Waals surface area contributed by atoms with Crippen LogP contribution in [0.15, 0.2) is 24.3 Å². The normalized spacial score (nSPS) is 12.9. The molecule has 0 aromatic heterocycles. The van der Waals surface area contributed by atoms with Crippen LogP contribution in [0.3, 0.4) is 0 Å². The molecule has 1 aromatic rings. The van der Waals surface area contributed by atoms with E-state index in [1.165, 1.54) is 0 Å². The topological polar surface area (TPSA) is 58.6 Å². The van der Waals surface area contributed by atoms with Crippen molar-refractivity contribution >= 4 is 17.5 Å². The Kier molecular flexibility index (Phi) is 5.63. The van der Waals surface area contributed by atoms with Crippen LogP contribution < -0.4 is 10.1 Å². The fraction of sp³-hybridized carbons (Fsp3) is 0.500. The first-order valence-corrected chi connectivity index (χ1v) is 6.57. The summed E-state index contributed by atoms with van der Waals surface area (Å²) in [7, 11) is 0. The largest absolute Gasteiger partial charge is 0.481 e. The Labute approximate surface area is 118 Å². The molecule has 0 saturated heterocycles. The standard InChI is InChI=1S/C14H20ClNO3/c1-10(13(18)16-14(2,3)8-9-17)19-12-6-4-11(15)5-7-12/h4-7,10,17H,8-9H2,1-3H3,(H,16,18). The summed E-state index contributed by atoms with van der Waals surface area (Å²) in [5.41, 5.74) is -0.455. The minimum absolute atomic E-state index is 0.0275. The molecule has 1 rings (SSSR count).